The maximum atomic E-state index is 11.5. The molecule has 0 saturated heterocycles. The van der Waals surface area contributed by atoms with Gasteiger partial charge < -0.3 is 0 Å². The first-order valence-electron chi connectivity index (χ1n) is 4.20. The molecule has 0 aromatic rings. The van der Waals surface area contributed by atoms with Crippen molar-refractivity contribution < 1.29 is 4.79 Å². The molecule has 0 saturated carbocycles. The van der Waals surface area contributed by atoms with E-state index in [1.807, 2.05) is 33.8 Å². The second-order valence-electron chi connectivity index (χ2n) is 3.83. The Kier molecular flexibility index (Phi) is 3.94. The lowest BCUT2D eigenvalue weighted by atomic mass is 9.86. The summed E-state index contributed by atoms with van der Waals surface area (Å²) in [5.41, 5.74) is 0.801. The van der Waals surface area contributed by atoms with E-state index < -0.39 is 0 Å². The maximum absolute atomic E-state index is 11.5. The first-order chi connectivity index (χ1) is 5.40. The van der Waals surface area contributed by atoms with Crippen molar-refractivity contribution in [3.05, 3.63) is 24.3 Å². The normalized spacial score (nSPS) is 10.7. The van der Waals surface area contributed by atoms with Gasteiger partial charge in [-0.15, -0.1) is 6.58 Å². The molecule has 0 unspecified atom stereocenters. The summed E-state index contributed by atoms with van der Waals surface area (Å²) in [6, 6.07) is 0. The molecule has 0 fully saturated rings. The van der Waals surface area contributed by atoms with Gasteiger partial charge in [0.2, 0.25) is 0 Å². The van der Waals surface area contributed by atoms with Crippen LogP contribution in [-0.2, 0) is 4.79 Å². The fourth-order valence-corrected chi connectivity index (χ4v) is 0.674. The molecule has 0 aromatic heterocycles. The van der Waals surface area contributed by atoms with Crippen molar-refractivity contribution in [3.63, 3.8) is 0 Å². The summed E-state index contributed by atoms with van der Waals surface area (Å²) in [5, 5.41) is 0. The van der Waals surface area contributed by atoms with Crippen molar-refractivity contribution in [2.24, 2.45) is 5.41 Å². The van der Waals surface area contributed by atoms with Gasteiger partial charge in [0.25, 0.3) is 0 Å². The zero-order valence-corrected chi connectivity index (χ0v) is 8.48. The van der Waals surface area contributed by atoms with E-state index >= 15 is 0 Å². The van der Waals surface area contributed by atoms with E-state index in [1.165, 1.54) is 5.57 Å². The molecule has 0 aromatic carbocycles. The van der Waals surface area contributed by atoms with Crippen molar-refractivity contribution >= 4 is 5.78 Å². The van der Waals surface area contributed by atoms with Gasteiger partial charge in [0.05, 0.1) is 0 Å². The van der Waals surface area contributed by atoms with Gasteiger partial charge in [-0.25, -0.2) is 0 Å². The summed E-state index contributed by atoms with van der Waals surface area (Å²) in [4.78, 5) is 11.5. The molecular weight excluding hydrogens is 148 g/mol. The second-order valence-corrected chi connectivity index (χ2v) is 3.83. The number of allylic oxidation sites excluding steroid dienone is 3. The van der Waals surface area contributed by atoms with Crippen molar-refractivity contribution in [1.82, 2.24) is 0 Å². The molecule has 12 heavy (non-hydrogen) atoms. The van der Waals surface area contributed by atoms with Gasteiger partial charge in [-0.1, -0.05) is 17.7 Å². The fourth-order valence-electron chi connectivity index (χ4n) is 0.674. The van der Waals surface area contributed by atoms with E-state index in [-0.39, 0.29) is 11.2 Å². The van der Waals surface area contributed by atoms with Gasteiger partial charge in [0.1, 0.15) is 5.78 Å². The van der Waals surface area contributed by atoms with Gasteiger partial charge in [-0.2, -0.15) is 0 Å². The number of ketones is 1. The molecule has 0 aliphatic carbocycles. The van der Waals surface area contributed by atoms with E-state index in [4.69, 9.17) is 0 Å². The molecule has 0 amide bonds. The van der Waals surface area contributed by atoms with Crippen LogP contribution in [0, 0.1) is 5.41 Å². The molecule has 0 aliphatic heterocycles. The average Bonchev–Trinajstić information content (AvgIpc) is 2.00. The minimum Gasteiger partial charge on any atom is -0.298 e. The van der Waals surface area contributed by atoms with Crippen molar-refractivity contribution in [2.75, 3.05) is 0 Å². The summed E-state index contributed by atoms with van der Waals surface area (Å²) in [6.07, 6.45) is 4.17. The monoisotopic (exact) mass is 166 g/mol. The van der Waals surface area contributed by atoms with E-state index in [9.17, 15) is 4.79 Å². The highest BCUT2D eigenvalue weighted by atomic mass is 16.1. The zero-order valence-electron chi connectivity index (χ0n) is 8.48. The van der Waals surface area contributed by atoms with E-state index in [0.29, 0.717) is 6.42 Å². The number of Topliss-reactive ketones (excluding diaryl/α,β-unsaturated/α-hetero) is 1. The summed E-state index contributed by atoms with van der Waals surface area (Å²) < 4.78 is 0. The lowest BCUT2D eigenvalue weighted by molar-refractivity contribution is -0.124. The van der Waals surface area contributed by atoms with E-state index in [2.05, 4.69) is 6.58 Å². The highest BCUT2D eigenvalue weighted by Crippen LogP contribution is 2.19. The van der Waals surface area contributed by atoms with Gasteiger partial charge >= 0.3 is 0 Å². The topological polar surface area (TPSA) is 17.1 Å². The quantitative estimate of drug-likeness (QED) is 0.586. The Morgan fingerprint density at radius 3 is 2.25 bits per heavy atom. The predicted molar refractivity (Wildman–Crippen MR) is 53.0 cm³/mol. The number of hydrogen-bond donors (Lipinski definition) is 0. The van der Waals surface area contributed by atoms with Crippen LogP contribution in [-0.4, -0.2) is 5.78 Å². The summed E-state index contributed by atoms with van der Waals surface area (Å²) in [7, 11) is 0. The van der Waals surface area contributed by atoms with E-state index in [1.54, 1.807) is 6.08 Å². The Balaban J connectivity index is 4.23. The highest BCUT2D eigenvalue weighted by molar-refractivity contribution is 5.87. The van der Waals surface area contributed by atoms with Crippen molar-refractivity contribution in [2.45, 2.75) is 34.1 Å². The summed E-state index contributed by atoms with van der Waals surface area (Å²) in [5.74, 6) is 0.221. The van der Waals surface area contributed by atoms with Crippen LogP contribution in [0.1, 0.15) is 34.1 Å². The lowest BCUT2D eigenvalue weighted by Crippen LogP contribution is -2.20. The molecular formula is C11H18O. The van der Waals surface area contributed by atoms with Crippen LogP contribution in [0.4, 0.5) is 0 Å². The van der Waals surface area contributed by atoms with Gasteiger partial charge in [0, 0.05) is 11.8 Å². The molecule has 1 nitrogen and oxygen atoms in total. The van der Waals surface area contributed by atoms with Crippen LogP contribution < -0.4 is 0 Å². The largest absolute Gasteiger partial charge is 0.298 e. The highest BCUT2D eigenvalue weighted by Gasteiger charge is 2.21. The maximum Gasteiger partial charge on any atom is 0.145 e. The van der Waals surface area contributed by atoms with Crippen LogP contribution in [0.25, 0.3) is 0 Å². The third-order valence-electron chi connectivity index (χ3n) is 1.92. The Morgan fingerprint density at radius 1 is 1.42 bits per heavy atom. The third-order valence-corrected chi connectivity index (χ3v) is 1.92. The molecule has 0 spiro atoms. The van der Waals surface area contributed by atoms with Gasteiger partial charge in [-0.3, -0.25) is 4.79 Å². The third kappa shape index (κ3) is 3.51. The minimum atomic E-state index is -0.383. The van der Waals surface area contributed by atoms with Gasteiger partial charge in [-0.05, 0) is 27.7 Å². The predicted octanol–water partition coefficient (Wildman–Crippen LogP) is 3.12. The Labute approximate surface area is 75.2 Å². The first kappa shape index (κ1) is 11.2. The Bertz CT molecular complexity index is 205. The molecule has 0 aliphatic rings. The minimum absolute atomic E-state index is 0.221. The summed E-state index contributed by atoms with van der Waals surface area (Å²) in [6.45, 7) is 11.4. The van der Waals surface area contributed by atoms with Gasteiger partial charge in [0.15, 0.2) is 0 Å². The van der Waals surface area contributed by atoms with Crippen LogP contribution in [0.2, 0.25) is 0 Å². The molecule has 0 bridgehead atoms. The summed E-state index contributed by atoms with van der Waals surface area (Å²) >= 11 is 0. The molecule has 0 heterocycles. The average molecular weight is 166 g/mol. The second kappa shape index (κ2) is 4.24. The van der Waals surface area contributed by atoms with Crippen molar-refractivity contribution in [3.8, 4) is 0 Å². The SMILES string of the molecule is C=CC(C)(C)C(=O)CC=C(C)C. The first-order valence-corrected chi connectivity index (χ1v) is 4.20. The Morgan fingerprint density at radius 2 is 1.92 bits per heavy atom. The van der Waals surface area contributed by atoms with Crippen LogP contribution >= 0.6 is 0 Å². The number of carbonyl (C=O) groups excluding carboxylic acids is 1. The number of rotatable bonds is 4. The molecule has 0 atom stereocenters. The smallest absolute Gasteiger partial charge is 0.145 e. The molecule has 68 valence electrons. The lowest BCUT2D eigenvalue weighted by Gasteiger charge is -2.16. The Hall–Kier alpha value is -0.850. The molecule has 0 radical (unpaired) electrons. The van der Waals surface area contributed by atoms with Crippen molar-refractivity contribution in [1.29, 1.82) is 0 Å². The van der Waals surface area contributed by atoms with E-state index in [0.717, 1.165) is 0 Å². The molecule has 0 N–H and O–H groups in total. The molecule has 1 heteroatoms. The standard InChI is InChI=1S/C11H18O/c1-6-11(4,5)10(12)8-7-9(2)3/h6-7H,1,8H2,2-5H3. The zero-order chi connectivity index (χ0) is 9.78. The van der Waals surface area contributed by atoms with Crippen LogP contribution in [0.5, 0.6) is 0 Å². The molecule has 0 rings (SSSR count). The van der Waals surface area contributed by atoms with Crippen LogP contribution in [0.3, 0.4) is 0 Å². The fraction of sp³-hybridized carbons (Fsp3) is 0.545. The number of carbonyl (C=O) groups is 1. The number of hydrogen-bond acceptors (Lipinski definition) is 1. The van der Waals surface area contributed by atoms with Crippen LogP contribution in [0.15, 0.2) is 24.3 Å².